The monoisotopic (exact) mass is 411 g/mol. The Hall–Kier alpha value is -1.51. The maximum absolute atomic E-state index is 12.8. The van der Waals surface area contributed by atoms with E-state index in [0.717, 1.165) is 5.69 Å². The van der Waals surface area contributed by atoms with Crippen molar-refractivity contribution < 1.29 is 13.7 Å². The molecule has 2 aliphatic heterocycles. The van der Waals surface area contributed by atoms with E-state index in [-0.39, 0.29) is 11.7 Å². The van der Waals surface area contributed by atoms with E-state index in [2.05, 4.69) is 34.2 Å². The summed E-state index contributed by atoms with van der Waals surface area (Å²) in [4.78, 5) is 15.2. The van der Waals surface area contributed by atoms with Crippen LogP contribution in [0.1, 0.15) is 21.7 Å². The zero-order chi connectivity index (χ0) is 17.4. The summed E-state index contributed by atoms with van der Waals surface area (Å²) in [5.74, 6) is 0.1000. The van der Waals surface area contributed by atoms with Crippen LogP contribution >= 0.6 is 15.9 Å². The minimum absolute atomic E-state index is 0.142. The Kier molecular flexibility index (Phi) is 4.89. The number of morpholine rings is 1. The fraction of sp³-hybridized carbons (Fsp3) is 0.375. The third-order valence-electron chi connectivity index (χ3n) is 4.10. The molecule has 0 bridgehead atoms. The van der Waals surface area contributed by atoms with Gasteiger partial charge in [-0.25, -0.2) is 0 Å². The molecule has 0 N–H and O–H groups in total. The quantitative estimate of drug-likeness (QED) is 0.762. The lowest BCUT2D eigenvalue weighted by Gasteiger charge is -2.26. The molecule has 0 aliphatic carbocycles. The molecule has 1 atom stereocenters. The molecule has 1 fully saturated rings. The fourth-order valence-electron chi connectivity index (χ4n) is 3.02. The molecule has 1 amide bonds. The molecule has 0 radical (unpaired) electrons. The van der Waals surface area contributed by atoms with Gasteiger partial charge in [0.15, 0.2) is 5.69 Å². The van der Waals surface area contributed by atoms with Gasteiger partial charge in [-0.2, -0.15) is 5.10 Å². The van der Waals surface area contributed by atoms with Crippen LogP contribution in [0.4, 0.5) is 0 Å². The third kappa shape index (κ3) is 2.82. The number of ether oxygens (including phenoxy) is 1. The number of hydrogen-bond donors (Lipinski definition) is 0. The second-order valence-corrected chi connectivity index (χ2v) is 7.89. The van der Waals surface area contributed by atoms with E-state index in [1.165, 1.54) is 0 Å². The molecule has 0 saturated carbocycles. The summed E-state index contributed by atoms with van der Waals surface area (Å²) < 4.78 is 20.2. The van der Waals surface area contributed by atoms with Gasteiger partial charge in [-0.1, -0.05) is 35.2 Å². The van der Waals surface area contributed by atoms with E-state index in [1.54, 1.807) is 22.7 Å². The predicted octanol–water partition coefficient (Wildman–Crippen LogP) is 1.96. The van der Waals surface area contributed by atoms with E-state index in [4.69, 9.17) is 4.74 Å². The summed E-state index contributed by atoms with van der Waals surface area (Å²) in [5, 5.41) is 4.42. The highest BCUT2D eigenvalue weighted by atomic mass is 79.9. The number of carbonyl (C=O) groups excluding carboxylic acids is 1. The first-order valence-corrected chi connectivity index (χ1v) is 9.60. The van der Waals surface area contributed by atoms with Crippen LogP contribution < -0.4 is 0 Å². The van der Waals surface area contributed by atoms with Crippen LogP contribution in [0.25, 0.3) is 5.57 Å². The van der Waals surface area contributed by atoms with Gasteiger partial charge in [0.05, 0.1) is 40.4 Å². The van der Waals surface area contributed by atoms with Crippen LogP contribution in [0.15, 0.2) is 28.6 Å². The van der Waals surface area contributed by atoms with Gasteiger partial charge >= 0.3 is 0 Å². The minimum Gasteiger partial charge on any atom is -0.378 e. The highest BCUT2D eigenvalue weighted by molar-refractivity contribution is 9.12. The van der Waals surface area contributed by atoms with E-state index in [1.807, 2.05) is 0 Å². The maximum Gasteiger partial charge on any atom is 0.274 e. The van der Waals surface area contributed by atoms with E-state index in [9.17, 15) is 9.00 Å². The number of rotatable bonds is 3. The summed E-state index contributed by atoms with van der Waals surface area (Å²) in [7, 11) is 0.474. The molecule has 6 nitrogen and oxygen atoms in total. The largest absolute Gasteiger partial charge is 0.378 e. The standard InChI is InChI=1S/C16H18BrN3O3S/c1-4-11-14-12(9-24(22)15(11)10(2)17)13(18-19(14)3)16(21)20-5-7-23-8-6-20/h4H,1-2,5-9H2,3H3. The molecule has 128 valence electrons. The number of aryl methyl sites for hydroxylation is 1. The first kappa shape index (κ1) is 17.3. The molecule has 1 aromatic rings. The van der Waals surface area contributed by atoms with Gasteiger partial charge in [0.25, 0.3) is 5.91 Å². The van der Waals surface area contributed by atoms with Crippen molar-refractivity contribution in [2.45, 2.75) is 5.75 Å². The summed E-state index contributed by atoms with van der Waals surface area (Å²) in [6.45, 7) is 9.81. The van der Waals surface area contributed by atoms with Crippen LogP contribution in [0.2, 0.25) is 0 Å². The van der Waals surface area contributed by atoms with Crippen molar-refractivity contribution in [3.05, 3.63) is 45.6 Å². The molecule has 24 heavy (non-hydrogen) atoms. The summed E-state index contributed by atoms with van der Waals surface area (Å²) in [6.07, 6.45) is 1.64. The molecule has 3 heterocycles. The Morgan fingerprint density at radius 3 is 2.67 bits per heavy atom. The topological polar surface area (TPSA) is 64.4 Å². The van der Waals surface area contributed by atoms with Gasteiger partial charge in [0, 0.05) is 35.8 Å². The predicted molar refractivity (Wildman–Crippen MR) is 97.0 cm³/mol. The smallest absolute Gasteiger partial charge is 0.274 e. The van der Waals surface area contributed by atoms with Gasteiger partial charge in [-0.15, -0.1) is 0 Å². The average molecular weight is 412 g/mol. The molecular formula is C16H18BrN3O3S. The van der Waals surface area contributed by atoms with E-state index >= 15 is 0 Å². The molecule has 1 unspecified atom stereocenters. The fourth-order valence-corrected chi connectivity index (χ4v) is 5.13. The lowest BCUT2D eigenvalue weighted by atomic mass is 10.0. The highest BCUT2D eigenvalue weighted by Gasteiger charge is 2.33. The second-order valence-electron chi connectivity index (χ2n) is 5.55. The highest BCUT2D eigenvalue weighted by Crippen LogP contribution is 2.38. The van der Waals surface area contributed by atoms with Crippen LogP contribution in [0.5, 0.6) is 0 Å². The number of amides is 1. The van der Waals surface area contributed by atoms with E-state index < -0.39 is 10.8 Å². The lowest BCUT2D eigenvalue weighted by Crippen LogP contribution is -2.41. The van der Waals surface area contributed by atoms with Crippen molar-refractivity contribution in [2.75, 3.05) is 26.3 Å². The number of halogens is 1. The van der Waals surface area contributed by atoms with Crippen molar-refractivity contribution in [1.29, 1.82) is 0 Å². The van der Waals surface area contributed by atoms with Gasteiger partial charge in [0.1, 0.15) is 0 Å². The minimum atomic E-state index is -1.30. The zero-order valence-electron chi connectivity index (χ0n) is 13.4. The van der Waals surface area contributed by atoms with Crippen LogP contribution in [-0.4, -0.2) is 51.1 Å². The van der Waals surface area contributed by atoms with Crippen LogP contribution in [0, 0.1) is 0 Å². The Labute approximate surface area is 151 Å². The number of hydrogen-bond acceptors (Lipinski definition) is 4. The molecule has 1 aromatic heterocycles. The molecule has 1 saturated heterocycles. The van der Waals surface area contributed by atoms with Crippen molar-refractivity contribution in [3.8, 4) is 0 Å². The van der Waals surface area contributed by atoms with Crippen LogP contribution in [0.3, 0.4) is 0 Å². The van der Waals surface area contributed by atoms with Crippen molar-refractivity contribution in [1.82, 2.24) is 14.7 Å². The van der Waals surface area contributed by atoms with Gasteiger partial charge in [-0.05, 0) is 0 Å². The second kappa shape index (κ2) is 6.78. The van der Waals surface area contributed by atoms with E-state index in [0.29, 0.717) is 52.5 Å². The van der Waals surface area contributed by atoms with Crippen molar-refractivity contribution in [3.63, 3.8) is 0 Å². The molecule has 8 heteroatoms. The normalized spacial score (nSPS) is 20.8. The summed E-state index contributed by atoms with van der Waals surface area (Å²) in [5.41, 5.74) is 2.55. The first-order chi connectivity index (χ1) is 11.5. The third-order valence-corrected chi connectivity index (χ3v) is 6.23. The molecular weight excluding hydrogens is 394 g/mol. The lowest BCUT2D eigenvalue weighted by molar-refractivity contribution is 0.0298. The molecule has 2 aliphatic rings. The number of allylic oxidation sites excluding steroid dienone is 3. The molecule has 0 spiro atoms. The summed E-state index contributed by atoms with van der Waals surface area (Å²) >= 11 is 3.32. The van der Waals surface area contributed by atoms with Gasteiger partial charge in [0.2, 0.25) is 0 Å². The Balaban J connectivity index is 2.11. The van der Waals surface area contributed by atoms with Crippen LogP contribution in [-0.2, 0) is 28.3 Å². The Bertz CT molecular complexity index is 791. The average Bonchev–Trinajstić information content (AvgIpc) is 2.89. The molecule has 0 aromatic carbocycles. The first-order valence-electron chi connectivity index (χ1n) is 7.48. The van der Waals surface area contributed by atoms with Gasteiger partial charge < -0.3 is 9.64 Å². The SMILES string of the molecule is C=CC1=C(C(=C)Br)S(=O)Cc2c(C(=O)N3CCOCC3)nn(C)c21. The summed E-state index contributed by atoms with van der Waals surface area (Å²) in [6, 6.07) is 0. The van der Waals surface area contributed by atoms with Crippen molar-refractivity contribution in [2.24, 2.45) is 7.05 Å². The number of fused-ring (bicyclic) bond motifs is 1. The Morgan fingerprint density at radius 2 is 2.08 bits per heavy atom. The Morgan fingerprint density at radius 1 is 1.42 bits per heavy atom. The van der Waals surface area contributed by atoms with Crippen molar-refractivity contribution >= 4 is 38.2 Å². The zero-order valence-corrected chi connectivity index (χ0v) is 15.8. The number of aromatic nitrogens is 2. The van der Waals surface area contributed by atoms with Gasteiger partial charge in [-0.3, -0.25) is 13.7 Å². The maximum atomic E-state index is 12.8. The molecule has 3 rings (SSSR count). The number of nitrogens with zero attached hydrogens (tertiary/aromatic N) is 3. The number of carbonyl (C=O) groups is 1.